The summed E-state index contributed by atoms with van der Waals surface area (Å²) in [6.07, 6.45) is 0. The minimum absolute atomic E-state index is 0.114. The van der Waals surface area contributed by atoms with Crippen LogP contribution in [-0.4, -0.2) is 18.5 Å². The van der Waals surface area contributed by atoms with Gasteiger partial charge in [-0.1, -0.05) is 13.8 Å². The smallest absolute Gasteiger partial charge is 0.242 e. The standard InChI is InChI=1S/C13H18F2N2O/c1-8(2)7-16-13(18)9(3)17-12-5-4-10(14)6-11(12)15/h4-6,8-9,17H,7H2,1-3H3,(H,16,18). The van der Waals surface area contributed by atoms with E-state index in [-0.39, 0.29) is 11.6 Å². The molecule has 1 atom stereocenters. The van der Waals surface area contributed by atoms with Gasteiger partial charge in [-0.15, -0.1) is 0 Å². The average molecular weight is 256 g/mol. The molecule has 18 heavy (non-hydrogen) atoms. The summed E-state index contributed by atoms with van der Waals surface area (Å²) in [6, 6.07) is 2.62. The second kappa shape index (κ2) is 6.33. The molecule has 0 aliphatic rings. The molecule has 5 heteroatoms. The molecule has 100 valence electrons. The van der Waals surface area contributed by atoms with Crippen LogP contribution in [0.15, 0.2) is 18.2 Å². The third kappa shape index (κ3) is 4.31. The minimum atomic E-state index is -0.710. The Morgan fingerprint density at radius 1 is 1.28 bits per heavy atom. The molecule has 1 aromatic rings. The van der Waals surface area contributed by atoms with Gasteiger partial charge in [0.25, 0.3) is 0 Å². The number of carbonyl (C=O) groups excluding carboxylic acids is 1. The summed E-state index contributed by atoms with van der Waals surface area (Å²) in [5, 5.41) is 5.44. The van der Waals surface area contributed by atoms with Crippen LogP contribution in [0.2, 0.25) is 0 Å². The molecule has 3 nitrogen and oxygen atoms in total. The highest BCUT2D eigenvalue weighted by Crippen LogP contribution is 2.15. The molecule has 0 fully saturated rings. The number of nitrogens with one attached hydrogen (secondary N) is 2. The molecule has 0 spiro atoms. The highest BCUT2D eigenvalue weighted by Gasteiger charge is 2.14. The van der Waals surface area contributed by atoms with E-state index in [1.807, 2.05) is 13.8 Å². The summed E-state index contributed by atoms with van der Waals surface area (Å²) in [5.74, 6) is -1.22. The van der Waals surface area contributed by atoms with Crippen LogP contribution >= 0.6 is 0 Å². The normalized spacial score (nSPS) is 12.3. The molecule has 0 saturated heterocycles. The molecule has 0 aromatic heterocycles. The number of amides is 1. The number of hydrogen-bond donors (Lipinski definition) is 2. The van der Waals surface area contributed by atoms with Crippen LogP contribution in [0.4, 0.5) is 14.5 Å². The van der Waals surface area contributed by atoms with Crippen LogP contribution in [0.3, 0.4) is 0 Å². The number of hydrogen-bond acceptors (Lipinski definition) is 2. The zero-order valence-electron chi connectivity index (χ0n) is 10.8. The van der Waals surface area contributed by atoms with E-state index in [4.69, 9.17) is 0 Å². The maximum atomic E-state index is 13.4. The lowest BCUT2D eigenvalue weighted by molar-refractivity contribution is -0.121. The number of rotatable bonds is 5. The van der Waals surface area contributed by atoms with E-state index in [2.05, 4.69) is 10.6 Å². The zero-order valence-corrected chi connectivity index (χ0v) is 10.8. The molecule has 1 unspecified atom stereocenters. The van der Waals surface area contributed by atoms with Gasteiger partial charge in [0.1, 0.15) is 17.7 Å². The molecular weight excluding hydrogens is 238 g/mol. The zero-order chi connectivity index (χ0) is 13.7. The fourth-order valence-corrected chi connectivity index (χ4v) is 1.36. The topological polar surface area (TPSA) is 41.1 Å². The molecule has 0 saturated carbocycles. The van der Waals surface area contributed by atoms with Crippen molar-refractivity contribution in [2.45, 2.75) is 26.8 Å². The fourth-order valence-electron chi connectivity index (χ4n) is 1.36. The van der Waals surface area contributed by atoms with Crippen molar-refractivity contribution in [1.29, 1.82) is 0 Å². The second-order valence-electron chi connectivity index (χ2n) is 4.63. The third-order valence-corrected chi connectivity index (χ3v) is 2.38. The van der Waals surface area contributed by atoms with Crippen molar-refractivity contribution < 1.29 is 13.6 Å². The summed E-state index contributed by atoms with van der Waals surface area (Å²) in [5.41, 5.74) is 0.114. The molecular formula is C13H18F2N2O. The molecule has 2 N–H and O–H groups in total. The lowest BCUT2D eigenvalue weighted by atomic mass is 10.2. The first-order valence-corrected chi connectivity index (χ1v) is 5.89. The Bertz CT molecular complexity index is 421. The van der Waals surface area contributed by atoms with Crippen LogP contribution in [0.5, 0.6) is 0 Å². The first kappa shape index (κ1) is 14.4. The van der Waals surface area contributed by atoms with Gasteiger partial charge in [0, 0.05) is 12.6 Å². The van der Waals surface area contributed by atoms with E-state index in [1.54, 1.807) is 6.92 Å². The van der Waals surface area contributed by atoms with Crippen molar-refractivity contribution in [2.24, 2.45) is 5.92 Å². The van der Waals surface area contributed by atoms with Crippen LogP contribution in [0, 0.1) is 17.6 Å². The summed E-state index contributed by atoms with van der Waals surface area (Å²) < 4.78 is 26.1. The maximum absolute atomic E-state index is 13.4. The molecule has 0 aliphatic heterocycles. The number of anilines is 1. The van der Waals surface area contributed by atoms with Crippen molar-refractivity contribution in [3.8, 4) is 0 Å². The van der Waals surface area contributed by atoms with E-state index in [9.17, 15) is 13.6 Å². The molecule has 0 radical (unpaired) electrons. The van der Waals surface area contributed by atoms with E-state index < -0.39 is 17.7 Å². The van der Waals surface area contributed by atoms with Crippen molar-refractivity contribution in [2.75, 3.05) is 11.9 Å². The van der Waals surface area contributed by atoms with Gasteiger partial charge in [-0.2, -0.15) is 0 Å². The quantitative estimate of drug-likeness (QED) is 0.850. The number of benzene rings is 1. The van der Waals surface area contributed by atoms with Crippen molar-refractivity contribution in [3.05, 3.63) is 29.8 Å². The number of halogens is 2. The van der Waals surface area contributed by atoms with Crippen molar-refractivity contribution in [1.82, 2.24) is 5.32 Å². The van der Waals surface area contributed by atoms with E-state index >= 15 is 0 Å². The molecule has 0 heterocycles. The van der Waals surface area contributed by atoms with Gasteiger partial charge < -0.3 is 10.6 Å². The Kier molecular flexibility index (Phi) is 5.07. The van der Waals surface area contributed by atoms with E-state index in [0.29, 0.717) is 12.5 Å². The third-order valence-electron chi connectivity index (χ3n) is 2.38. The Labute approximate surface area is 106 Å². The first-order chi connectivity index (χ1) is 8.40. The van der Waals surface area contributed by atoms with Crippen LogP contribution in [0.1, 0.15) is 20.8 Å². The van der Waals surface area contributed by atoms with Crippen molar-refractivity contribution in [3.63, 3.8) is 0 Å². The summed E-state index contributed by atoms with van der Waals surface area (Å²) >= 11 is 0. The van der Waals surface area contributed by atoms with Gasteiger partial charge in [0.05, 0.1) is 5.69 Å². The van der Waals surface area contributed by atoms with Crippen LogP contribution in [0.25, 0.3) is 0 Å². The van der Waals surface area contributed by atoms with Gasteiger partial charge >= 0.3 is 0 Å². The largest absolute Gasteiger partial charge is 0.372 e. The lowest BCUT2D eigenvalue weighted by Crippen LogP contribution is -2.39. The first-order valence-electron chi connectivity index (χ1n) is 5.89. The summed E-state index contributed by atoms with van der Waals surface area (Å²) in [6.45, 7) is 6.16. The lowest BCUT2D eigenvalue weighted by Gasteiger charge is -2.16. The van der Waals surface area contributed by atoms with Gasteiger partial charge in [-0.3, -0.25) is 4.79 Å². The van der Waals surface area contributed by atoms with Crippen LogP contribution < -0.4 is 10.6 Å². The van der Waals surface area contributed by atoms with E-state index in [1.165, 1.54) is 6.07 Å². The van der Waals surface area contributed by atoms with Crippen LogP contribution in [-0.2, 0) is 4.79 Å². The molecule has 0 aliphatic carbocycles. The highest BCUT2D eigenvalue weighted by atomic mass is 19.1. The molecule has 1 aromatic carbocycles. The Morgan fingerprint density at radius 2 is 1.94 bits per heavy atom. The summed E-state index contributed by atoms with van der Waals surface area (Å²) in [4.78, 5) is 11.7. The minimum Gasteiger partial charge on any atom is -0.372 e. The predicted octanol–water partition coefficient (Wildman–Crippen LogP) is 2.54. The molecule has 1 rings (SSSR count). The van der Waals surface area contributed by atoms with Gasteiger partial charge in [0.2, 0.25) is 5.91 Å². The SMILES string of the molecule is CC(C)CNC(=O)C(C)Nc1ccc(F)cc1F. The molecule has 0 bridgehead atoms. The van der Waals surface area contributed by atoms with Crippen molar-refractivity contribution >= 4 is 11.6 Å². The summed E-state index contributed by atoms with van der Waals surface area (Å²) in [7, 11) is 0. The second-order valence-corrected chi connectivity index (χ2v) is 4.63. The Balaban J connectivity index is 2.58. The maximum Gasteiger partial charge on any atom is 0.242 e. The van der Waals surface area contributed by atoms with Gasteiger partial charge in [-0.25, -0.2) is 8.78 Å². The Morgan fingerprint density at radius 3 is 2.50 bits per heavy atom. The van der Waals surface area contributed by atoms with Gasteiger partial charge in [-0.05, 0) is 25.0 Å². The molecule has 1 amide bonds. The van der Waals surface area contributed by atoms with Gasteiger partial charge in [0.15, 0.2) is 0 Å². The number of carbonyl (C=O) groups is 1. The average Bonchev–Trinajstić information content (AvgIpc) is 2.29. The highest BCUT2D eigenvalue weighted by molar-refractivity contribution is 5.84. The van der Waals surface area contributed by atoms with E-state index in [0.717, 1.165) is 12.1 Å². The fraction of sp³-hybridized carbons (Fsp3) is 0.462. The Hall–Kier alpha value is -1.65. The predicted molar refractivity (Wildman–Crippen MR) is 67.3 cm³/mol. The monoisotopic (exact) mass is 256 g/mol.